The van der Waals surface area contributed by atoms with Gasteiger partial charge in [-0.2, -0.15) is 16.7 Å². The first kappa shape index (κ1) is 12.2. The Bertz CT molecular complexity index is 390. The lowest BCUT2D eigenvalue weighted by atomic mass is 10.2. The summed E-state index contributed by atoms with van der Waals surface area (Å²) in [5.41, 5.74) is 0. The molecule has 7 heteroatoms. The van der Waals surface area contributed by atoms with E-state index in [1.165, 1.54) is 0 Å². The Morgan fingerprint density at radius 3 is 2.81 bits per heavy atom. The smallest absolute Gasteiger partial charge is 0.245 e. The van der Waals surface area contributed by atoms with Crippen LogP contribution < -0.4 is 4.90 Å². The molecule has 16 heavy (non-hydrogen) atoms. The standard InChI is InChI=1S/C9H12Cl2N4S/c1-5-6(2)16-4-3-15(5)8-7(10)13-14-9(11)12-8/h5-6H,3-4H2,1-2H3. The van der Waals surface area contributed by atoms with Gasteiger partial charge in [-0.1, -0.05) is 18.5 Å². The van der Waals surface area contributed by atoms with E-state index in [0.717, 1.165) is 12.3 Å². The van der Waals surface area contributed by atoms with Crippen LogP contribution in [0.15, 0.2) is 0 Å². The van der Waals surface area contributed by atoms with Gasteiger partial charge in [-0.15, -0.1) is 10.2 Å². The minimum atomic E-state index is 0.137. The zero-order valence-electron chi connectivity index (χ0n) is 9.02. The number of halogens is 2. The Morgan fingerprint density at radius 1 is 1.31 bits per heavy atom. The summed E-state index contributed by atoms with van der Waals surface area (Å²) in [7, 11) is 0. The summed E-state index contributed by atoms with van der Waals surface area (Å²) in [4.78, 5) is 6.30. The van der Waals surface area contributed by atoms with Crippen molar-refractivity contribution in [2.45, 2.75) is 25.1 Å². The van der Waals surface area contributed by atoms with E-state index in [1.54, 1.807) is 0 Å². The summed E-state index contributed by atoms with van der Waals surface area (Å²) in [6, 6.07) is 0.365. The minimum Gasteiger partial charge on any atom is -0.349 e. The van der Waals surface area contributed by atoms with Crippen LogP contribution in [0.4, 0.5) is 5.82 Å². The molecule has 1 fully saturated rings. The first-order valence-corrected chi connectivity index (χ1v) is 6.84. The van der Waals surface area contributed by atoms with Crippen molar-refractivity contribution < 1.29 is 0 Å². The topological polar surface area (TPSA) is 41.9 Å². The van der Waals surface area contributed by atoms with Crippen molar-refractivity contribution in [3.8, 4) is 0 Å². The van der Waals surface area contributed by atoms with E-state index >= 15 is 0 Å². The van der Waals surface area contributed by atoms with Crippen molar-refractivity contribution in [1.29, 1.82) is 0 Å². The number of hydrogen-bond acceptors (Lipinski definition) is 5. The fourth-order valence-electron chi connectivity index (χ4n) is 1.70. The van der Waals surface area contributed by atoms with Gasteiger partial charge in [0.2, 0.25) is 5.28 Å². The average Bonchev–Trinajstić information content (AvgIpc) is 2.26. The maximum atomic E-state index is 6.00. The summed E-state index contributed by atoms with van der Waals surface area (Å²) < 4.78 is 0. The molecule has 2 rings (SSSR count). The minimum absolute atomic E-state index is 0.137. The van der Waals surface area contributed by atoms with Gasteiger partial charge in [0, 0.05) is 23.6 Å². The van der Waals surface area contributed by atoms with Crippen LogP contribution in [0.1, 0.15) is 13.8 Å². The van der Waals surface area contributed by atoms with Crippen LogP contribution in [0.5, 0.6) is 0 Å². The molecule has 0 aliphatic carbocycles. The highest BCUT2D eigenvalue weighted by Gasteiger charge is 2.28. The molecule has 1 aromatic heterocycles. The molecule has 88 valence electrons. The molecule has 1 aliphatic heterocycles. The Labute approximate surface area is 109 Å². The van der Waals surface area contributed by atoms with Crippen LogP contribution in [0.25, 0.3) is 0 Å². The van der Waals surface area contributed by atoms with Gasteiger partial charge in [0.1, 0.15) is 0 Å². The second kappa shape index (κ2) is 4.94. The molecule has 2 unspecified atom stereocenters. The van der Waals surface area contributed by atoms with E-state index in [2.05, 4.69) is 33.9 Å². The van der Waals surface area contributed by atoms with Crippen LogP contribution in [0.3, 0.4) is 0 Å². The van der Waals surface area contributed by atoms with Crippen LogP contribution >= 0.6 is 35.0 Å². The van der Waals surface area contributed by atoms with Gasteiger partial charge in [-0.05, 0) is 18.5 Å². The maximum Gasteiger partial charge on any atom is 0.245 e. The third kappa shape index (κ3) is 2.36. The second-order valence-electron chi connectivity index (χ2n) is 3.71. The molecule has 0 aromatic carbocycles. The van der Waals surface area contributed by atoms with E-state index in [0.29, 0.717) is 22.3 Å². The number of hydrogen-bond donors (Lipinski definition) is 0. The lowest BCUT2D eigenvalue weighted by molar-refractivity contribution is 0.617. The summed E-state index contributed by atoms with van der Waals surface area (Å²) >= 11 is 13.7. The van der Waals surface area contributed by atoms with Gasteiger partial charge in [0.05, 0.1) is 0 Å². The SMILES string of the molecule is CC1SCCN(c2nc(Cl)nnc2Cl)C1C. The first-order chi connectivity index (χ1) is 7.59. The summed E-state index contributed by atoms with van der Waals surface area (Å²) in [5.74, 6) is 1.70. The summed E-state index contributed by atoms with van der Waals surface area (Å²) in [6.45, 7) is 5.26. The van der Waals surface area contributed by atoms with E-state index in [4.69, 9.17) is 23.2 Å². The fourth-order valence-corrected chi connectivity index (χ4v) is 3.11. The Morgan fingerprint density at radius 2 is 2.06 bits per heavy atom. The van der Waals surface area contributed by atoms with E-state index in [-0.39, 0.29) is 5.28 Å². The zero-order chi connectivity index (χ0) is 11.7. The van der Waals surface area contributed by atoms with Gasteiger partial charge < -0.3 is 4.90 Å². The molecule has 4 nitrogen and oxygen atoms in total. The molecule has 0 saturated carbocycles. The largest absolute Gasteiger partial charge is 0.349 e. The second-order valence-corrected chi connectivity index (χ2v) is 5.89. The molecule has 0 N–H and O–H groups in total. The predicted octanol–water partition coefficient (Wildman–Crippen LogP) is 2.51. The van der Waals surface area contributed by atoms with E-state index in [9.17, 15) is 0 Å². The molecule has 0 bridgehead atoms. The Hall–Kier alpha value is -0.260. The molecule has 2 heterocycles. The molecule has 0 amide bonds. The van der Waals surface area contributed by atoms with Crippen LogP contribution in [-0.2, 0) is 0 Å². The highest BCUT2D eigenvalue weighted by Crippen LogP contribution is 2.31. The average molecular weight is 279 g/mol. The number of nitrogens with zero attached hydrogens (tertiary/aromatic N) is 4. The van der Waals surface area contributed by atoms with Gasteiger partial charge in [0.25, 0.3) is 0 Å². The predicted molar refractivity (Wildman–Crippen MR) is 68.6 cm³/mol. The normalized spacial score (nSPS) is 25.9. The highest BCUT2D eigenvalue weighted by atomic mass is 35.5. The van der Waals surface area contributed by atoms with E-state index < -0.39 is 0 Å². The Kier molecular flexibility index (Phi) is 3.77. The van der Waals surface area contributed by atoms with Crippen molar-refractivity contribution in [1.82, 2.24) is 15.2 Å². The number of rotatable bonds is 1. The molecular formula is C9H12Cl2N4S. The summed E-state index contributed by atoms with van der Waals surface area (Å²) in [6.07, 6.45) is 0. The third-order valence-electron chi connectivity index (χ3n) is 2.76. The lowest BCUT2D eigenvalue weighted by Gasteiger charge is -2.38. The monoisotopic (exact) mass is 278 g/mol. The fraction of sp³-hybridized carbons (Fsp3) is 0.667. The quantitative estimate of drug-likeness (QED) is 0.790. The van der Waals surface area contributed by atoms with Crippen molar-refractivity contribution in [3.05, 3.63) is 10.4 Å². The van der Waals surface area contributed by atoms with Crippen LogP contribution in [-0.4, -0.2) is 38.8 Å². The van der Waals surface area contributed by atoms with Crippen molar-refractivity contribution in [2.24, 2.45) is 0 Å². The van der Waals surface area contributed by atoms with Crippen LogP contribution in [0.2, 0.25) is 10.4 Å². The summed E-state index contributed by atoms with van der Waals surface area (Å²) in [5, 5.41) is 8.40. The van der Waals surface area contributed by atoms with Gasteiger partial charge in [-0.3, -0.25) is 0 Å². The number of anilines is 1. The van der Waals surface area contributed by atoms with Gasteiger partial charge in [-0.25, -0.2) is 0 Å². The number of aromatic nitrogens is 3. The van der Waals surface area contributed by atoms with Crippen molar-refractivity contribution in [3.63, 3.8) is 0 Å². The van der Waals surface area contributed by atoms with Crippen LogP contribution in [0, 0.1) is 0 Å². The van der Waals surface area contributed by atoms with Crippen molar-refractivity contribution in [2.75, 3.05) is 17.2 Å². The van der Waals surface area contributed by atoms with Gasteiger partial charge in [0.15, 0.2) is 11.0 Å². The Balaban J connectivity index is 2.31. The number of thioether (sulfide) groups is 1. The molecular weight excluding hydrogens is 267 g/mol. The third-order valence-corrected chi connectivity index (χ3v) is 4.50. The van der Waals surface area contributed by atoms with Gasteiger partial charge >= 0.3 is 0 Å². The molecule has 2 atom stereocenters. The first-order valence-electron chi connectivity index (χ1n) is 5.03. The molecule has 0 radical (unpaired) electrons. The van der Waals surface area contributed by atoms with E-state index in [1.807, 2.05) is 11.8 Å². The van der Waals surface area contributed by atoms with Crippen molar-refractivity contribution >= 4 is 40.8 Å². The molecule has 1 aromatic rings. The molecule has 0 spiro atoms. The molecule has 1 aliphatic rings. The lowest BCUT2D eigenvalue weighted by Crippen LogP contribution is -2.45. The molecule has 1 saturated heterocycles. The maximum absolute atomic E-state index is 6.00. The zero-order valence-corrected chi connectivity index (χ0v) is 11.4. The highest BCUT2D eigenvalue weighted by molar-refractivity contribution is 8.00.